The van der Waals surface area contributed by atoms with Gasteiger partial charge in [0.25, 0.3) is 0 Å². The maximum Gasteiger partial charge on any atom is 0.317 e. The number of rotatable bonds is 7. The van der Waals surface area contributed by atoms with Crippen LogP contribution in [0.4, 0.5) is 15.0 Å². The van der Waals surface area contributed by atoms with Gasteiger partial charge in [-0.25, -0.2) is 13.9 Å². The molecule has 9 heteroatoms. The van der Waals surface area contributed by atoms with Crippen molar-refractivity contribution in [1.29, 1.82) is 0 Å². The molecule has 198 valence electrons. The number of para-hydroxylation sites is 1. The van der Waals surface area contributed by atoms with Gasteiger partial charge < -0.3 is 20.5 Å². The molecule has 2 aromatic carbocycles. The van der Waals surface area contributed by atoms with Crippen LogP contribution in [0, 0.1) is 12.7 Å². The second-order valence-electron chi connectivity index (χ2n) is 9.75. The first kappa shape index (κ1) is 26.8. The highest BCUT2D eigenvalue weighted by Gasteiger charge is 2.33. The molecule has 3 aromatic rings. The summed E-state index contributed by atoms with van der Waals surface area (Å²) in [6, 6.07) is 15.9. The number of aliphatic hydroxyl groups is 1. The van der Waals surface area contributed by atoms with E-state index in [1.54, 1.807) is 23.9 Å². The zero-order valence-electron chi connectivity index (χ0n) is 21.4. The Morgan fingerprint density at radius 3 is 2.49 bits per heavy atom. The summed E-state index contributed by atoms with van der Waals surface area (Å²) < 4.78 is 19.6. The van der Waals surface area contributed by atoms with Crippen LogP contribution in [0.5, 0.6) is 0 Å². The summed E-state index contributed by atoms with van der Waals surface area (Å²) in [6.07, 6.45) is 2.34. The maximum absolute atomic E-state index is 12.8. The molecule has 8 nitrogen and oxygen atoms in total. The van der Waals surface area contributed by atoms with Crippen LogP contribution in [0.15, 0.2) is 54.6 Å². The van der Waals surface area contributed by atoms with E-state index >= 15 is 0 Å². The van der Waals surface area contributed by atoms with Crippen LogP contribution in [0.25, 0.3) is 5.69 Å². The Bertz CT molecular complexity index is 1160. The first-order chi connectivity index (χ1) is 17.9. The van der Waals surface area contributed by atoms with Crippen LogP contribution in [0.3, 0.4) is 0 Å². The van der Waals surface area contributed by atoms with Crippen molar-refractivity contribution in [1.82, 2.24) is 14.7 Å². The molecule has 2 heterocycles. The van der Waals surface area contributed by atoms with Crippen LogP contribution >= 0.6 is 0 Å². The smallest absolute Gasteiger partial charge is 0.317 e. The number of methoxy groups -OCH3 is 1. The Labute approximate surface area is 217 Å². The minimum Gasteiger partial charge on any atom is -0.393 e. The van der Waals surface area contributed by atoms with E-state index in [2.05, 4.69) is 15.3 Å². The number of hydrogen-bond acceptors (Lipinski definition) is 5. The largest absolute Gasteiger partial charge is 0.393 e. The molecular formula is C28H36FN5O3. The molecule has 4 N–H and O–H groups in total. The number of nitrogens with two attached hydrogens (primary N) is 1. The molecule has 2 aliphatic rings. The van der Waals surface area contributed by atoms with Crippen molar-refractivity contribution in [3.8, 4) is 5.69 Å². The maximum atomic E-state index is 12.8. The number of nitrogens with zero attached hydrogens (tertiary/aromatic N) is 3. The number of benzene rings is 2. The SMILES string of the molecule is COCCN1CCC(c2ccc(F)cc2)C1.Cc1c(C2CC(O)C2)nn(-c2ccccc2)c1NC(N)=O. The predicted molar refractivity (Wildman–Crippen MR) is 142 cm³/mol. The third-order valence-corrected chi connectivity index (χ3v) is 7.13. The molecule has 1 saturated carbocycles. The van der Waals surface area contributed by atoms with E-state index in [1.165, 1.54) is 5.56 Å². The fourth-order valence-corrected chi connectivity index (χ4v) is 4.99. The Balaban J connectivity index is 0.000000180. The fraction of sp³-hybridized carbons (Fsp3) is 0.429. The first-order valence-corrected chi connectivity index (χ1v) is 12.7. The third kappa shape index (κ3) is 6.74. The highest BCUT2D eigenvalue weighted by molar-refractivity contribution is 5.88. The number of ether oxygens (including phenoxy) is 1. The molecule has 0 radical (unpaired) electrons. The molecule has 0 bridgehead atoms. The number of nitrogens with one attached hydrogen (secondary N) is 1. The van der Waals surface area contributed by atoms with E-state index < -0.39 is 6.03 Å². The van der Waals surface area contributed by atoms with Crippen LogP contribution < -0.4 is 11.1 Å². The lowest BCUT2D eigenvalue weighted by Crippen LogP contribution is -2.27. The van der Waals surface area contributed by atoms with Crippen LogP contribution in [-0.4, -0.2) is 65.3 Å². The van der Waals surface area contributed by atoms with Gasteiger partial charge >= 0.3 is 6.03 Å². The van der Waals surface area contributed by atoms with Crippen LogP contribution in [0.1, 0.15) is 47.9 Å². The monoisotopic (exact) mass is 509 g/mol. The Kier molecular flexibility index (Phi) is 8.91. The topological polar surface area (TPSA) is 106 Å². The standard InChI is InChI=1S/C15H18N4O2.C13H18FNO/c1-9-13(10-7-12(20)8-10)18-19(14(9)17-15(16)21)11-5-3-2-4-6-11;1-16-9-8-15-7-6-12(10-15)11-2-4-13(14)5-3-11/h2-6,10,12,20H,7-8H2,1H3,(H3,16,17,21);2-5,12H,6-10H2,1H3. The first-order valence-electron chi connectivity index (χ1n) is 12.7. The van der Waals surface area contributed by atoms with Crippen molar-refractivity contribution in [3.05, 3.63) is 77.2 Å². The number of primary amides is 1. The number of amides is 2. The quantitative estimate of drug-likeness (QED) is 0.443. The normalized spacial score (nSPS) is 21.1. The van der Waals surface area contributed by atoms with Gasteiger partial charge in [-0.15, -0.1) is 0 Å². The Hall–Kier alpha value is -3.27. The van der Waals surface area contributed by atoms with Gasteiger partial charge in [-0.1, -0.05) is 30.3 Å². The molecule has 0 spiro atoms. The average molecular weight is 510 g/mol. The third-order valence-electron chi connectivity index (χ3n) is 7.13. The molecular weight excluding hydrogens is 473 g/mol. The summed E-state index contributed by atoms with van der Waals surface area (Å²) in [5.74, 6) is 1.22. The zero-order chi connectivity index (χ0) is 26.4. The van der Waals surface area contributed by atoms with Gasteiger partial charge in [-0.2, -0.15) is 5.10 Å². The summed E-state index contributed by atoms with van der Waals surface area (Å²) >= 11 is 0. The van der Waals surface area contributed by atoms with Crippen LogP contribution in [-0.2, 0) is 4.74 Å². The highest BCUT2D eigenvalue weighted by Crippen LogP contribution is 2.40. The van der Waals surface area contributed by atoms with E-state index in [0.29, 0.717) is 24.6 Å². The molecule has 2 fully saturated rings. The van der Waals surface area contributed by atoms with Crippen LogP contribution in [0.2, 0.25) is 0 Å². The lowest BCUT2D eigenvalue weighted by Gasteiger charge is -2.30. The van der Waals surface area contributed by atoms with Crippen molar-refractivity contribution in [2.24, 2.45) is 5.73 Å². The molecule has 1 aliphatic carbocycles. The average Bonchev–Trinajstić information content (AvgIpc) is 3.47. The highest BCUT2D eigenvalue weighted by atomic mass is 19.1. The fourth-order valence-electron chi connectivity index (χ4n) is 4.99. The lowest BCUT2D eigenvalue weighted by atomic mass is 9.79. The predicted octanol–water partition coefficient (Wildman–Crippen LogP) is 4.17. The Morgan fingerprint density at radius 1 is 1.16 bits per heavy atom. The summed E-state index contributed by atoms with van der Waals surface area (Å²) in [6.45, 7) is 5.88. The van der Waals surface area contributed by atoms with Crippen molar-refractivity contribution >= 4 is 11.8 Å². The molecule has 1 atom stereocenters. The van der Waals surface area contributed by atoms with E-state index in [-0.39, 0.29) is 17.8 Å². The van der Waals surface area contributed by atoms with Crippen molar-refractivity contribution in [3.63, 3.8) is 0 Å². The van der Waals surface area contributed by atoms with Gasteiger partial charge in [0.2, 0.25) is 0 Å². The number of carbonyl (C=O) groups excluding carboxylic acids is 1. The van der Waals surface area contributed by atoms with Crippen molar-refractivity contribution in [2.45, 2.75) is 44.1 Å². The summed E-state index contributed by atoms with van der Waals surface area (Å²) in [4.78, 5) is 13.6. The number of aromatic nitrogens is 2. The second-order valence-corrected chi connectivity index (χ2v) is 9.75. The number of hydrogen-bond donors (Lipinski definition) is 3. The van der Waals surface area contributed by atoms with E-state index in [1.807, 2.05) is 49.4 Å². The second kappa shape index (κ2) is 12.3. The molecule has 1 aromatic heterocycles. The van der Waals surface area contributed by atoms with E-state index in [0.717, 1.165) is 49.6 Å². The molecule has 1 aliphatic heterocycles. The van der Waals surface area contributed by atoms with Crippen molar-refractivity contribution in [2.75, 3.05) is 38.7 Å². The van der Waals surface area contributed by atoms with Gasteiger partial charge in [0, 0.05) is 31.7 Å². The van der Waals surface area contributed by atoms with E-state index in [9.17, 15) is 14.3 Å². The van der Waals surface area contributed by atoms with Gasteiger partial charge in [0.15, 0.2) is 0 Å². The summed E-state index contributed by atoms with van der Waals surface area (Å²) in [5.41, 5.74) is 9.18. The Morgan fingerprint density at radius 2 is 1.86 bits per heavy atom. The van der Waals surface area contributed by atoms with Gasteiger partial charge in [0.1, 0.15) is 11.6 Å². The minimum absolute atomic E-state index is 0.155. The molecule has 37 heavy (non-hydrogen) atoms. The van der Waals surface area contributed by atoms with Gasteiger partial charge in [0.05, 0.1) is 24.1 Å². The van der Waals surface area contributed by atoms with Gasteiger partial charge in [-0.3, -0.25) is 5.32 Å². The number of carbonyl (C=O) groups is 1. The molecule has 2 amide bonds. The van der Waals surface area contributed by atoms with Crippen molar-refractivity contribution < 1.29 is 19.0 Å². The van der Waals surface area contributed by atoms with E-state index in [4.69, 9.17) is 10.5 Å². The minimum atomic E-state index is -0.615. The summed E-state index contributed by atoms with van der Waals surface area (Å²) in [5, 5.41) is 16.8. The van der Waals surface area contributed by atoms with Gasteiger partial charge in [-0.05, 0) is 68.5 Å². The number of aliphatic hydroxyl groups excluding tert-OH is 1. The lowest BCUT2D eigenvalue weighted by molar-refractivity contribution is 0.0729. The molecule has 1 unspecified atom stereocenters. The zero-order valence-corrected chi connectivity index (χ0v) is 21.4. The summed E-state index contributed by atoms with van der Waals surface area (Å²) in [7, 11) is 1.73. The number of likely N-dealkylation sites (tertiary alicyclic amines) is 1. The molecule has 5 rings (SSSR count). The number of halogens is 1. The number of urea groups is 1. The molecule has 1 saturated heterocycles. The number of anilines is 1.